The zero-order valence-electron chi connectivity index (χ0n) is 12.8. The second-order valence-electron chi connectivity index (χ2n) is 5.45. The molecule has 3 rings (SSSR count). The number of nitrogens with one attached hydrogen (secondary N) is 1. The first-order valence-electron chi connectivity index (χ1n) is 7.55. The Hall–Kier alpha value is -1.62. The van der Waals surface area contributed by atoms with Gasteiger partial charge < -0.3 is 15.1 Å². The topological polar surface area (TPSA) is 35.6 Å². The average molecular weight is 385 g/mol. The van der Waals surface area contributed by atoms with E-state index in [4.69, 9.17) is 34.8 Å². The molecule has 0 atom stereocenters. The van der Waals surface area contributed by atoms with E-state index < -0.39 is 0 Å². The average Bonchev–Trinajstić information content (AvgIpc) is 2.57. The van der Waals surface area contributed by atoms with E-state index in [-0.39, 0.29) is 6.03 Å². The third-order valence-corrected chi connectivity index (χ3v) is 4.88. The third kappa shape index (κ3) is 3.72. The Labute approximate surface area is 155 Å². The van der Waals surface area contributed by atoms with Crippen LogP contribution < -0.4 is 10.2 Å². The molecule has 0 radical (unpaired) electrons. The van der Waals surface area contributed by atoms with Crippen LogP contribution in [0.1, 0.15) is 0 Å². The summed E-state index contributed by atoms with van der Waals surface area (Å²) in [4.78, 5) is 16.2. The lowest BCUT2D eigenvalue weighted by Gasteiger charge is -2.36. The first kappa shape index (κ1) is 17.2. The van der Waals surface area contributed by atoms with Crippen LogP contribution in [-0.2, 0) is 0 Å². The van der Waals surface area contributed by atoms with Gasteiger partial charge in [-0.3, -0.25) is 0 Å². The van der Waals surface area contributed by atoms with Crippen molar-refractivity contribution < 1.29 is 4.79 Å². The molecule has 1 heterocycles. The zero-order valence-corrected chi connectivity index (χ0v) is 15.1. The number of hydrogen-bond acceptors (Lipinski definition) is 2. The van der Waals surface area contributed by atoms with Crippen molar-refractivity contribution in [1.29, 1.82) is 0 Å². The quantitative estimate of drug-likeness (QED) is 0.791. The minimum Gasteiger partial charge on any atom is -0.366 e. The highest BCUT2D eigenvalue weighted by Crippen LogP contribution is 2.34. The normalized spacial score (nSPS) is 14.6. The lowest BCUT2D eigenvalue weighted by Crippen LogP contribution is -2.50. The molecule has 2 aromatic rings. The van der Waals surface area contributed by atoms with E-state index in [1.165, 1.54) is 0 Å². The summed E-state index contributed by atoms with van der Waals surface area (Å²) in [6.07, 6.45) is 0. The molecule has 0 saturated carbocycles. The molecular weight excluding hydrogens is 369 g/mol. The number of rotatable bonds is 2. The summed E-state index contributed by atoms with van der Waals surface area (Å²) in [6.45, 7) is 2.49. The summed E-state index contributed by atoms with van der Waals surface area (Å²) in [5, 5.41) is 4.61. The van der Waals surface area contributed by atoms with Gasteiger partial charge in [0.1, 0.15) is 0 Å². The monoisotopic (exact) mass is 383 g/mol. The molecule has 0 aromatic heterocycles. The number of amides is 2. The van der Waals surface area contributed by atoms with Gasteiger partial charge in [-0.05, 0) is 24.3 Å². The van der Waals surface area contributed by atoms with Crippen LogP contribution in [-0.4, -0.2) is 37.1 Å². The molecule has 1 aliphatic rings. The SMILES string of the molecule is O=C(Nc1ccccc1Cl)N1CCN(c2c(Cl)cccc2Cl)CC1. The fourth-order valence-electron chi connectivity index (χ4n) is 2.68. The first-order chi connectivity index (χ1) is 11.6. The van der Waals surface area contributed by atoms with Crippen molar-refractivity contribution in [1.82, 2.24) is 4.90 Å². The van der Waals surface area contributed by atoms with E-state index in [0.29, 0.717) is 46.9 Å². The highest BCUT2D eigenvalue weighted by atomic mass is 35.5. The van der Waals surface area contributed by atoms with Crippen molar-refractivity contribution in [2.24, 2.45) is 0 Å². The molecule has 1 N–H and O–H groups in total. The molecule has 2 aromatic carbocycles. The fraction of sp³-hybridized carbons (Fsp3) is 0.235. The smallest absolute Gasteiger partial charge is 0.322 e. The van der Waals surface area contributed by atoms with Gasteiger partial charge in [-0.1, -0.05) is 53.0 Å². The molecule has 0 spiro atoms. The van der Waals surface area contributed by atoms with Gasteiger partial charge in [-0.25, -0.2) is 4.79 Å². The number of nitrogens with zero attached hydrogens (tertiary/aromatic N) is 2. The van der Waals surface area contributed by atoms with E-state index in [9.17, 15) is 4.79 Å². The number of halogens is 3. The van der Waals surface area contributed by atoms with Gasteiger partial charge in [0.05, 0.1) is 26.4 Å². The summed E-state index contributed by atoms with van der Waals surface area (Å²) in [6, 6.07) is 12.5. The molecule has 0 unspecified atom stereocenters. The van der Waals surface area contributed by atoms with E-state index in [1.54, 1.807) is 17.0 Å². The minimum absolute atomic E-state index is 0.159. The van der Waals surface area contributed by atoms with Crippen LogP contribution in [0.15, 0.2) is 42.5 Å². The van der Waals surface area contributed by atoms with Crippen LogP contribution in [0.2, 0.25) is 15.1 Å². The molecule has 24 heavy (non-hydrogen) atoms. The summed E-state index contributed by atoms with van der Waals surface area (Å²) < 4.78 is 0. The number of hydrogen-bond donors (Lipinski definition) is 1. The van der Waals surface area contributed by atoms with Crippen molar-refractivity contribution in [3.63, 3.8) is 0 Å². The number of benzene rings is 2. The summed E-state index contributed by atoms with van der Waals surface area (Å²) in [5.41, 5.74) is 1.44. The number of piperazine rings is 1. The van der Waals surface area contributed by atoms with Gasteiger partial charge >= 0.3 is 6.03 Å². The van der Waals surface area contributed by atoms with Crippen molar-refractivity contribution in [3.05, 3.63) is 57.5 Å². The molecule has 4 nitrogen and oxygen atoms in total. The number of anilines is 2. The molecule has 1 aliphatic heterocycles. The molecular formula is C17H16Cl3N3O. The molecule has 7 heteroatoms. The Morgan fingerprint density at radius 3 is 2.04 bits per heavy atom. The van der Waals surface area contributed by atoms with Crippen LogP contribution in [0.4, 0.5) is 16.2 Å². The van der Waals surface area contributed by atoms with Crippen molar-refractivity contribution >= 4 is 52.2 Å². The molecule has 2 amide bonds. The van der Waals surface area contributed by atoms with Gasteiger partial charge in [0, 0.05) is 26.2 Å². The van der Waals surface area contributed by atoms with Crippen molar-refractivity contribution in [3.8, 4) is 0 Å². The van der Waals surface area contributed by atoms with E-state index in [2.05, 4.69) is 10.2 Å². The molecule has 1 fully saturated rings. The van der Waals surface area contributed by atoms with Crippen LogP contribution in [0.25, 0.3) is 0 Å². The predicted octanol–water partition coefficient (Wildman–Crippen LogP) is 5.00. The Morgan fingerprint density at radius 2 is 1.42 bits per heavy atom. The second-order valence-corrected chi connectivity index (χ2v) is 6.68. The Morgan fingerprint density at radius 1 is 0.833 bits per heavy atom. The predicted molar refractivity (Wildman–Crippen MR) is 101 cm³/mol. The van der Waals surface area contributed by atoms with Crippen molar-refractivity contribution in [2.45, 2.75) is 0 Å². The maximum atomic E-state index is 12.4. The van der Waals surface area contributed by atoms with E-state index in [0.717, 1.165) is 5.69 Å². The van der Waals surface area contributed by atoms with Gasteiger partial charge in [-0.15, -0.1) is 0 Å². The number of para-hydroxylation sites is 2. The van der Waals surface area contributed by atoms with E-state index in [1.807, 2.05) is 30.3 Å². The lowest BCUT2D eigenvalue weighted by molar-refractivity contribution is 0.208. The van der Waals surface area contributed by atoms with Crippen LogP contribution in [0, 0.1) is 0 Å². The number of carbonyl (C=O) groups excluding carboxylic acids is 1. The third-order valence-electron chi connectivity index (χ3n) is 3.94. The molecule has 1 saturated heterocycles. The Kier molecular flexibility index (Phi) is 5.39. The van der Waals surface area contributed by atoms with Crippen LogP contribution in [0.5, 0.6) is 0 Å². The van der Waals surface area contributed by atoms with Crippen LogP contribution in [0.3, 0.4) is 0 Å². The van der Waals surface area contributed by atoms with Gasteiger partial charge in [-0.2, -0.15) is 0 Å². The summed E-state index contributed by atoms with van der Waals surface area (Å²) in [7, 11) is 0. The highest BCUT2D eigenvalue weighted by Gasteiger charge is 2.24. The molecule has 126 valence electrons. The number of urea groups is 1. The van der Waals surface area contributed by atoms with Crippen LogP contribution >= 0.6 is 34.8 Å². The van der Waals surface area contributed by atoms with Gasteiger partial charge in [0.2, 0.25) is 0 Å². The standard InChI is InChI=1S/C17H16Cl3N3O/c18-12-4-1-2-7-15(12)21-17(24)23-10-8-22(9-11-23)16-13(19)5-3-6-14(16)20/h1-7H,8-11H2,(H,21,24). The summed E-state index contributed by atoms with van der Waals surface area (Å²) >= 11 is 18.6. The van der Waals surface area contributed by atoms with Crippen molar-refractivity contribution in [2.75, 3.05) is 36.4 Å². The first-order valence-corrected chi connectivity index (χ1v) is 8.69. The van der Waals surface area contributed by atoms with Gasteiger partial charge in [0.25, 0.3) is 0 Å². The maximum absolute atomic E-state index is 12.4. The zero-order chi connectivity index (χ0) is 17.1. The van der Waals surface area contributed by atoms with E-state index >= 15 is 0 Å². The summed E-state index contributed by atoms with van der Waals surface area (Å²) in [5.74, 6) is 0. The largest absolute Gasteiger partial charge is 0.366 e. The fourth-order valence-corrected chi connectivity index (χ4v) is 3.50. The highest BCUT2D eigenvalue weighted by molar-refractivity contribution is 6.39. The Balaban J connectivity index is 1.63. The Bertz CT molecular complexity index is 725. The minimum atomic E-state index is -0.159. The second kappa shape index (κ2) is 7.51. The number of carbonyl (C=O) groups is 1. The molecule has 0 aliphatic carbocycles. The van der Waals surface area contributed by atoms with Gasteiger partial charge in [0.15, 0.2) is 0 Å². The molecule has 0 bridgehead atoms. The maximum Gasteiger partial charge on any atom is 0.322 e. The lowest BCUT2D eigenvalue weighted by atomic mass is 10.2.